The van der Waals surface area contributed by atoms with E-state index in [0.29, 0.717) is 36.5 Å². The van der Waals surface area contributed by atoms with E-state index in [9.17, 15) is 5.11 Å². The van der Waals surface area contributed by atoms with Crippen LogP contribution in [0.25, 0.3) is 22.2 Å². The number of aliphatic hydroxyl groups is 1. The number of nitrogen functional groups attached to an aromatic ring is 1. The highest BCUT2D eigenvalue weighted by molar-refractivity contribution is 6.00. The molecule has 0 amide bonds. The molecule has 4 aliphatic rings. The van der Waals surface area contributed by atoms with E-state index < -0.39 is 0 Å². The number of anilines is 1. The van der Waals surface area contributed by atoms with Crippen LogP contribution >= 0.6 is 0 Å². The third kappa shape index (κ3) is 4.19. The zero-order valence-corrected chi connectivity index (χ0v) is 21.4. The number of ether oxygens (including phenoxy) is 2. The molecule has 2 aromatic heterocycles. The van der Waals surface area contributed by atoms with Crippen LogP contribution < -0.4 is 10.5 Å². The molecule has 4 fully saturated rings. The Labute approximate surface area is 217 Å². The Morgan fingerprint density at radius 1 is 1.16 bits per heavy atom. The van der Waals surface area contributed by atoms with E-state index in [1.807, 2.05) is 12.1 Å². The molecule has 7 rings (SSSR count). The molecule has 8 nitrogen and oxygen atoms in total. The molecule has 3 saturated heterocycles. The summed E-state index contributed by atoms with van der Waals surface area (Å²) < 4.78 is 14.8. The molecule has 37 heavy (non-hydrogen) atoms. The summed E-state index contributed by atoms with van der Waals surface area (Å²) in [5, 5.41) is 10.6. The van der Waals surface area contributed by atoms with Gasteiger partial charge in [-0.2, -0.15) is 0 Å². The maximum Gasteiger partial charge on any atom is 0.146 e. The van der Waals surface area contributed by atoms with Crippen molar-refractivity contribution in [3.8, 4) is 16.9 Å². The summed E-state index contributed by atoms with van der Waals surface area (Å²) in [6.45, 7) is 3.07. The van der Waals surface area contributed by atoms with E-state index >= 15 is 0 Å². The monoisotopic (exact) mass is 503 g/mol. The van der Waals surface area contributed by atoms with E-state index in [1.54, 1.807) is 6.33 Å². The van der Waals surface area contributed by atoms with Crippen LogP contribution in [0.1, 0.15) is 57.4 Å². The van der Waals surface area contributed by atoms with Crippen molar-refractivity contribution < 1.29 is 14.6 Å². The Kier molecular flexibility index (Phi) is 5.86. The molecule has 196 valence electrons. The number of aliphatic hydroxyl groups excluding tert-OH is 1. The molecule has 0 spiro atoms. The van der Waals surface area contributed by atoms with Crippen molar-refractivity contribution in [1.29, 1.82) is 0 Å². The van der Waals surface area contributed by atoms with Gasteiger partial charge in [0.05, 0.1) is 18.1 Å². The van der Waals surface area contributed by atoms with Gasteiger partial charge in [0, 0.05) is 30.4 Å². The summed E-state index contributed by atoms with van der Waals surface area (Å²) in [4.78, 5) is 11.5. The van der Waals surface area contributed by atoms with Crippen LogP contribution in [0.2, 0.25) is 0 Å². The van der Waals surface area contributed by atoms with Gasteiger partial charge in [0.1, 0.15) is 35.7 Å². The molecular formula is C29H37N5O3. The predicted octanol–water partition coefficient (Wildman–Crippen LogP) is 4.18. The highest BCUT2D eigenvalue weighted by Crippen LogP contribution is 2.45. The second kappa shape index (κ2) is 9.26. The number of aromatic nitrogens is 3. The summed E-state index contributed by atoms with van der Waals surface area (Å²) in [5.41, 5.74) is 9.34. The molecule has 3 aromatic rings. The minimum Gasteiger partial charge on any atom is -0.491 e. The Balaban J connectivity index is 1.11. The first kappa shape index (κ1) is 23.4. The van der Waals surface area contributed by atoms with E-state index in [1.165, 1.54) is 6.42 Å². The maximum absolute atomic E-state index is 9.67. The van der Waals surface area contributed by atoms with Crippen molar-refractivity contribution in [1.82, 2.24) is 19.4 Å². The van der Waals surface area contributed by atoms with Gasteiger partial charge in [-0.05, 0) is 81.5 Å². The number of nitrogens with zero attached hydrogens (tertiary/aromatic N) is 4. The molecule has 0 radical (unpaired) electrons. The molecule has 8 heteroatoms. The second-order valence-electron chi connectivity index (χ2n) is 11.7. The lowest BCUT2D eigenvalue weighted by Crippen LogP contribution is -2.40. The number of benzene rings is 1. The Bertz CT molecular complexity index is 1280. The molecular weight excluding hydrogens is 466 g/mol. The smallest absolute Gasteiger partial charge is 0.146 e. The highest BCUT2D eigenvalue weighted by Gasteiger charge is 2.46. The topological polar surface area (TPSA) is 98.7 Å². The normalized spacial score (nSPS) is 31.3. The predicted molar refractivity (Wildman–Crippen MR) is 142 cm³/mol. The van der Waals surface area contributed by atoms with Gasteiger partial charge in [0.15, 0.2) is 0 Å². The fourth-order valence-electron chi connectivity index (χ4n) is 7.21. The SMILES string of the molecule is Nc1ncnc2c1c(-c1cccc(OCC34CCC(CC3)O4)c1)cn2C1CC(CN2CCC[C@H]2CO)C1. The Morgan fingerprint density at radius 3 is 2.81 bits per heavy atom. The van der Waals surface area contributed by atoms with Crippen LogP contribution in [-0.4, -0.2) is 68.6 Å². The Morgan fingerprint density at radius 2 is 2.03 bits per heavy atom. The van der Waals surface area contributed by atoms with Gasteiger partial charge in [-0.3, -0.25) is 4.90 Å². The number of likely N-dealkylation sites (tertiary alicyclic amines) is 1. The van der Waals surface area contributed by atoms with Gasteiger partial charge in [-0.15, -0.1) is 0 Å². The first-order valence-electron chi connectivity index (χ1n) is 14.0. The van der Waals surface area contributed by atoms with E-state index in [4.69, 9.17) is 15.2 Å². The minimum absolute atomic E-state index is 0.0952. The van der Waals surface area contributed by atoms with Crippen molar-refractivity contribution in [2.75, 3.05) is 32.0 Å². The molecule has 1 aromatic carbocycles. The second-order valence-corrected chi connectivity index (χ2v) is 11.7. The van der Waals surface area contributed by atoms with E-state index in [2.05, 4.69) is 37.8 Å². The van der Waals surface area contributed by atoms with E-state index in [-0.39, 0.29) is 12.2 Å². The molecule has 3 aliphatic heterocycles. The minimum atomic E-state index is -0.0952. The van der Waals surface area contributed by atoms with Crippen LogP contribution in [0, 0.1) is 5.92 Å². The van der Waals surface area contributed by atoms with Crippen LogP contribution in [0.15, 0.2) is 36.8 Å². The van der Waals surface area contributed by atoms with Crippen molar-refractivity contribution in [2.45, 2.75) is 75.2 Å². The van der Waals surface area contributed by atoms with Crippen molar-refractivity contribution in [3.05, 3.63) is 36.8 Å². The lowest BCUT2D eigenvalue weighted by molar-refractivity contribution is -0.0198. The molecule has 5 heterocycles. The molecule has 1 atom stereocenters. The van der Waals surface area contributed by atoms with Crippen molar-refractivity contribution in [2.24, 2.45) is 5.92 Å². The third-order valence-electron chi connectivity index (χ3n) is 9.35. The first-order valence-corrected chi connectivity index (χ1v) is 14.0. The van der Waals surface area contributed by atoms with Crippen LogP contribution in [0.3, 0.4) is 0 Å². The first-order chi connectivity index (χ1) is 18.1. The standard InChI is InChI=1S/C29H37N5O3/c30-27-26-25(20-3-1-5-24(13-20)36-17-29-8-6-23(37-29)7-9-29)15-34(28(26)32-18-31-27)22-11-19(12-22)14-33-10-2-4-21(33)16-35/h1,3,5,13,15,18-19,21-23,35H,2,4,6-12,14,16-17H2,(H2,30,31,32)/t19?,21-,22?,23?,29?/m0/s1. The number of rotatable bonds is 8. The van der Waals surface area contributed by atoms with E-state index in [0.717, 1.165) is 85.9 Å². The lowest BCUT2D eigenvalue weighted by atomic mass is 9.79. The third-order valence-corrected chi connectivity index (χ3v) is 9.35. The zero-order valence-electron chi connectivity index (χ0n) is 21.4. The average Bonchev–Trinajstić information content (AvgIpc) is 3.68. The maximum atomic E-state index is 9.67. The van der Waals surface area contributed by atoms with Gasteiger partial charge >= 0.3 is 0 Å². The lowest BCUT2D eigenvalue weighted by Gasteiger charge is -2.39. The summed E-state index contributed by atoms with van der Waals surface area (Å²) in [6, 6.07) is 9.03. The van der Waals surface area contributed by atoms with Gasteiger partial charge in [-0.25, -0.2) is 9.97 Å². The average molecular weight is 504 g/mol. The van der Waals surface area contributed by atoms with Gasteiger partial charge in [0.25, 0.3) is 0 Å². The number of nitrogens with two attached hydrogens (primary N) is 1. The fourth-order valence-corrected chi connectivity index (χ4v) is 7.21. The molecule has 3 N–H and O–H groups in total. The van der Waals surface area contributed by atoms with Gasteiger partial charge < -0.3 is 24.9 Å². The van der Waals surface area contributed by atoms with Crippen LogP contribution in [-0.2, 0) is 4.74 Å². The molecule has 1 saturated carbocycles. The summed E-state index contributed by atoms with van der Waals surface area (Å²) in [5.74, 6) is 2.02. The van der Waals surface area contributed by atoms with Gasteiger partial charge in [0.2, 0.25) is 0 Å². The summed E-state index contributed by atoms with van der Waals surface area (Å²) in [7, 11) is 0. The van der Waals surface area contributed by atoms with Crippen molar-refractivity contribution in [3.63, 3.8) is 0 Å². The molecule has 0 unspecified atom stereocenters. The quantitative estimate of drug-likeness (QED) is 0.476. The summed E-state index contributed by atoms with van der Waals surface area (Å²) in [6.07, 6.45) is 13.3. The zero-order chi connectivity index (χ0) is 25.0. The molecule has 1 aliphatic carbocycles. The van der Waals surface area contributed by atoms with Gasteiger partial charge in [-0.1, -0.05) is 12.1 Å². The largest absolute Gasteiger partial charge is 0.491 e. The van der Waals surface area contributed by atoms with Crippen LogP contribution in [0.5, 0.6) is 5.75 Å². The number of fused-ring (bicyclic) bond motifs is 3. The highest BCUT2D eigenvalue weighted by atomic mass is 16.6. The fraction of sp³-hybridized carbons (Fsp3) is 0.586. The van der Waals surface area contributed by atoms with Crippen LogP contribution in [0.4, 0.5) is 5.82 Å². The number of hydrogen-bond donors (Lipinski definition) is 2. The molecule has 2 bridgehead atoms. The number of hydrogen-bond acceptors (Lipinski definition) is 7. The Hall–Kier alpha value is -2.68. The van der Waals surface area contributed by atoms with Crippen molar-refractivity contribution >= 4 is 16.9 Å². The summed E-state index contributed by atoms with van der Waals surface area (Å²) >= 11 is 0.